The van der Waals surface area contributed by atoms with Crippen molar-refractivity contribution >= 4 is 21.9 Å². The van der Waals surface area contributed by atoms with E-state index in [9.17, 15) is 9.90 Å². The molecule has 82 valence electrons. The van der Waals surface area contributed by atoms with Crippen molar-refractivity contribution in [2.75, 3.05) is 7.11 Å². The highest BCUT2D eigenvalue weighted by Crippen LogP contribution is 2.27. The first-order valence-electron chi connectivity index (χ1n) is 4.61. The fraction of sp³-hybridized carbons (Fsp3) is 0.364. The number of benzene rings is 1. The van der Waals surface area contributed by atoms with Crippen LogP contribution in [0.1, 0.15) is 18.9 Å². The van der Waals surface area contributed by atoms with Crippen LogP contribution in [-0.4, -0.2) is 18.2 Å². The summed E-state index contributed by atoms with van der Waals surface area (Å²) in [5.41, 5.74) is -1.00. The van der Waals surface area contributed by atoms with Gasteiger partial charge in [0.15, 0.2) is 5.60 Å². The maximum absolute atomic E-state index is 11.5. The van der Waals surface area contributed by atoms with Crippen LogP contribution in [0.5, 0.6) is 0 Å². The number of hydrogen-bond acceptors (Lipinski definition) is 3. The smallest absolute Gasteiger partial charge is 0.342 e. The summed E-state index contributed by atoms with van der Waals surface area (Å²) in [6, 6.07) is 6.95. The van der Waals surface area contributed by atoms with E-state index >= 15 is 0 Å². The largest absolute Gasteiger partial charge is 0.467 e. The molecule has 0 saturated heterocycles. The SMILES string of the molecule is CCC(O)(C(=O)OC)c1ccc(Br)cc1. The Morgan fingerprint density at radius 1 is 1.47 bits per heavy atom. The van der Waals surface area contributed by atoms with Crippen LogP contribution in [0, 0.1) is 0 Å². The molecule has 1 aromatic carbocycles. The lowest BCUT2D eigenvalue weighted by Crippen LogP contribution is -2.36. The number of methoxy groups -OCH3 is 1. The number of esters is 1. The standard InChI is InChI=1S/C11H13BrO3/c1-3-11(14,10(13)15-2)8-4-6-9(12)7-5-8/h4-7,14H,3H2,1-2H3. The number of rotatable bonds is 3. The Morgan fingerprint density at radius 3 is 2.40 bits per heavy atom. The van der Waals surface area contributed by atoms with E-state index in [1.807, 2.05) is 0 Å². The molecule has 0 heterocycles. The van der Waals surface area contributed by atoms with Gasteiger partial charge in [0.25, 0.3) is 0 Å². The van der Waals surface area contributed by atoms with Gasteiger partial charge in [0.05, 0.1) is 7.11 Å². The number of carbonyl (C=O) groups is 1. The summed E-state index contributed by atoms with van der Waals surface area (Å²) in [5.74, 6) is -0.632. The molecule has 0 radical (unpaired) electrons. The van der Waals surface area contributed by atoms with Gasteiger partial charge < -0.3 is 9.84 Å². The molecule has 1 atom stereocenters. The topological polar surface area (TPSA) is 46.5 Å². The molecule has 1 N–H and O–H groups in total. The van der Waals surface area contributed by atoms with Gasteiger partial charge in [-0.1, -0.05) is 35.0 Å². The van der Waals surface area contributed by atoms with Crippen molar-refractivity contribution in [3.63, 3.8) is 0 Å². The lowest BCUT2D eigenvalue weighted by atomic mass is 9.91. The summed E-state index contributed by atoms with van der Waals surface area (Å²) >= 11 is 3.29. The number of halogens is 1. The highest BCUT2D eigenvalue weighted by atomic mass is 79.9. The van der Waals surface area contributed by atoms with Gasteiger partial charge in [-0.05, 0) is 24.1 Å². The zero-order valence-electron chi connectivity index (χ0n) is 8.66. The third-order valence-corrected chi connectivity index (χ3v) is 2.89. The van der Waals surface area contributed by atoms with Crippen LogP contribution < -0.4 is 0 Å². The van der Waals surface area contributed by atoms with Crippen LogP contribution in [0.2, 0.25) is 0 Å². The van der Waals surface area contributed by atoms with Crippen LogP contribution >= 0.6 is 15.9 Å². The Balaban J connectivity index is 3.11. The molecule has 0 bridgehead atoms. The number of carbonyl (C=O) groups excluding carboxylic acids is 1. The predicted octanol–water partition coefficient (Wildman–Crippen LogP) is 2.22. The maximum Gasteiger partial charge on any atom is 0.342 e. The second-order valence-electron chi connectivity index (χ2n) is 3.21. The Bertz CT molecular complexity index is 347. The van der Waals surface area contributed by atoms with Crippen LogP contribution in [0.15, 0.2) is 28.7 Å². The Hall–Kier alpha value is -0.870. The summed E-state index contributed by atoms with van der Waals surface area (Å²) in [6.07, 6.45) is 0.279. The minimum Gasteiger partial charge on any atom is -0.467 e. The van der Waals surface area contributed by atoms with Gasteiger partial charge in [-0.15, -0.1) is 0 Å². The summed E-state index contributed by atoms with van der Waals surface area (Å²) < 4.78 is 5.49. The highest BCUT2D eigenvalue weighted by molar-refractivity contribution is 9.10. The molecule has 0 aliphatic heterocycles. The van der Waals surface area contributed by atoms with Crippen molar-refractivity contribution in [1.29, 1.82) is 0 Å². The van der Waals surface area contributed by atoms with Crippen LogP contribution in [-0.2, 0) is 15.1 Å². The van der Waals surface area contributed by atoms with E-state index in [1.165, 1.54) is 7.11 Å². The Kier molecular flexibility index (Phi) is 3.88. The molecule has 0 saturated carbocycles. The molecule has 1 rings (SSSR count). The molecular weight excluding hydrogens is 260 g/mol. The van der Waals surface area contributed by atoms with E-state index < -0.39 is 11.6 Å². The second kappa shape index (κ2) is 4.77. The highest BCUT2D eigenvalue weighted by Gasteiger charge is 2.37. The summed E-state index contributed by atoms with van der Waals surface area (Å²) in [6.45, 7) is 1.74. The predicted molar refractivity (Wildman–Crippen MR) is 60.3 cm³/mol. The van der Waals surface area contributed by atoms with Crippen molar-refractivity contribution in [2.24, 2.45) is 0 Å². The van der Waals surface area contributed by atoms with Gasteiger partial charge >= 0.3 is 5.97 Å². The normalized spacial score (nSPS) is 14.4. The van der Waals surface area contributed by atoms with E-state index in [1.54, 1.807) is 31.2 Å². The first-order valence-corrected chi connectivity index (χ1v) is 5.40. The van der Waals surface area contributed by atoms with Crippen molar-refractivity contribution < 1.29 is 14.6 Å². The van der Waals surface area contributed by atoms with Gasteiger partial charge in [0.1, 0.15) is 0 Å². The van der Waals surface area contributed by atoms with E-state index in [-0.39, 0.29) is 6.42 Å². The quantitative estimate of drug-likeness (QED) is 0.859. The molecule has 0 aliphatic carbocycles. The molecule has 1 aromatic rings. The molecular formula is C11H13BrO3. The van der Waals surface area contributed by atoms with Crippen LogP contribution in [0.4, 0.5) is 0 Å². The molecule has 15 heavy (non-hydrogen) atoms. The fourth-order valence-electron chi connectivity index (χ4n) is 1.36. The average molecular weight is 273 g/mol. The van der Waals surface area contributed by atoms with E-state index in [0.717, 1.165) is 4.47 Å². The molecule has 1 unspecified atom stereocenters. The van der Waals surface area contributed by atoms with E-state index in [2.05, 4.69) is 20.7 Å². The molecule has 0 spiro atoms. The fourth-order valence-corrected chi connectivity index (χ4v) is 1.63. The van der Waals surface area contributed by atoms with Gasteiger partial charge in [0.2, 0.25) is 0 Å². The molecule has 0 fully saturated rings. The number of ether oxygens (including phenoxy) is 1. The van der Waals surface area contributed by atoms with Crippen molar-refractivity contribution in [3.05, 3.63) is 34.3 Å². The van der Waals surface area contributed by atoms with E-state index in [0.29, 0.717) is 5.56 Å². The second-order valence-corrected chi connectivity index (χ2v) is 4.13. The van der Waals surface area contributed by atoms with Gasteiger partial charge in [-0.3, -0.25) is 0 Å². The first-order chi connectivity index (χ1) is 7.04. The zero-order chi connectivity index (χ0) is 11.5. The van der Waals surface area contributed by atoms with Crippen molar-refractivity contribution in [2.45, 2.75) is 18.9 Å². The lowest BCUT2D eigenvalue weighted by molar-refractivity contribution is -0.164. The van der Waals surface area contributed by atoms with Crippen molar-refractivity contribution in [3.8, 4) is 0 Å². The van der Waals surface area contributed by atoms with Crippen LogP contribution in [0.3, 0.4) is 0 Å². The minimum atomic E-state index is -1.55. The Morgan fingerprint density at radius 2 is 2.00 bits per heavy atom. The first kappa shape index (κ1) is 12.2. The zero-order valence-corrected chi connectivity index (χ0v) is 10.2. The Labute approximate surface area is 97.2 Å². The van der Waals surface area contributed by atoms with E-state index in [4.69, 9.17) is 0 Å². The summed E-state index contributed by atoms with van der Waals surface area (Å²) in [5, 5.41) is 10.2. The van der Waals surface area contributed by atoms with Gasteiger partial charge in [-0.25, -0.2) is 4.79 Å². The minimum absolute atomic E-state index is 0.279. The average Bonchev–Trinajstić information content (AvgIpc) is 2.27. The lowest BCUT2D eigenvalue weighted by Gasteiger charge is -2.24. The summed E-state index contributed by atoms with van der Waals surface area (Å²) in [4.78, 5) is 11.5. The van der Waals surface area contributed by atoms with Crippen LogP contribution in [0.25, 0.3) is 0 Å². The molecule has 0 amide bonds. The number of aliphatic hydroxyl groups is 1. The molecule has 4 heteroatoms. The molecule has 3 nitrogen and oxygen atoms in total. The molecule has 0 aromatic heterocycles. The molecule has 0 aliphatic rings. The number of hydrogen-bond donors (Lipinski definition) is 1. The summed E-state index contributed by atoms with van der Waals surface area (Å²) in [7, 11) is 1.27. The van der Waals surface area contributed by atoms with Crippen molar-refractivity contribution in [1.82, 2.24) is 0 Å². The third kappa shape index (κ3) is 2.38. The third-order valence-electron chi connectivity index (χ3n) is 2.36. The maximum atomic E-state index is 11.5. The monoisotopic (exact) mass is 272 g/mol. The van der Waals surface area contributed by atoms with Gasteiger partial charge in [0, 0.05) is 4.47 Å². The van der Waals surface area contributed by atoms with Gasteiger partial charge in [-0.2, -0.15) is 0 Å².